The van der Waals surface area contributed by atoms with Crippen LogP contribution in [0.1, 0.15) is 0 Å². The Hall–Kier alpha value is -1.99. The molecule has 0 spiro atoms. The molecular weight excluding hydrogens is 323 g/mol. The molecule has 0 N–H and O–H groups in total. The van der Waals surface area contributed by atoms with Gasteiger partial charge in [-0.25, -0.2) is 0 Å². The van der Waals surface area contributed by atoms with Crippen molar-refractivity contribution in [1.29, 1.82) is 0 Å². The largest absolute Gasteiger partial charge is 0.417 e. The summed E-state index contributed by atoms with van der Waals surface area (Å²) in [7, 11) is 4.53. The highest BCUT2D eigenvalue weighted by molar-refractivity contribution is 7.95. The van der Waals surface area contributed by atoms with Crippen LogP contribution in [0.15, 0.2) is 91.0 Å². The van der Waals surface area contributed by atoms with Crippen molar-refractivity contribution >= 4 is 23.2 Å². The van der Waals surface area contributed by atoms with Gasteiger partial charge < -0.3 is 10.0 Å². The Morgan fingerprint density at radius 3 is 1.20 bits per heavy atom. The second-order valence-electron chi connectivity index (χ2n) is 7.04. The van der Waals surface area contributed by atoms with E-state index in [2.05, 4.69) is 112 Å². The standard InChI is InChI=1S/C22H26N2P/c1-24(2,3)23-19-25(20-13-7-4-8-14-20,21-15-9-5-10-16-21)22-17-11-6-12-18-22/h4-18H,19H2,1-3H3/q+1. The molecule has 128 valence electrons. The van der Waals surface area contributed by atoms with Crippen LogP contribution in [-0.4, -0.2) is 32.0 Å². The van der Waals surface area contributed by atoms with E-state index in [1.165, 1.54) is 15.9 Å². The molecule has 25 heavy (non-hydrogen) atoms. The van der Waals surface area contributed by atoms with Crippen LogP contribution >= 0.6 is 7.26 Å². The van der Waals surface area contributed by atoms with E-state index in [-0.39, 0.29) is 0 Å². The Morgan fingerprint density at radius 1 is 0.600 bits per heavy atom. The van der Waals surface area contributed by atoms with Crippen LogP contribution in [0.2, 0.25) is 0 Å². The molecule has 3 rings (SSSR count). The zero-order valence-electron chi connectivity index (χ0n) is 15.2. The molecule has 0 saturated heterocycles. The van der Waals surface area contributed by atoms with Gasteiger partial charge >= 0.3 is 0 Å². The van der Waals surface area contributed by atoms with Crippen molar-refractivity contribution in [3.05, 3.63) is 96.4 Å². The van der Waals surface area contributed by atoms with E-state index < -0.39 is 7.26 Å². The van der Waals surface area contributed by atoms with Crippen molar-refractivity contribution in [3.63, 3.8) is 0 Å². The van der Waals surface area contributed by atoms with Gasteiger partial charge in [-0.15, -0.1) is 0 Å². The Balaban J connectivity index is 2.24. The van der Waals surface area contributed by atoms with E-state index in [1.54, 1.807) is 0 Å². The Kier molecular flexibility index (Phi) is 5.34. The summed E-state index contributed by atoms with van der Waals surface area (Å²) in [6.07, 6.45) is 0.800. The van der Waals surface area contributed by atoms with E-state index in [9.17, 15) is 0 Å². The lowest BCUT2D eigenvalue weighted by atomic mass is 10.4. The molecule has 0 unspecified atom stereocenters. The fourth-order valence-electron chi connectivity index (χ4n) is 3.02. The number of quaternary nitrogens is 1. The minimum absolute atomic E-state index is 0.605. The zero-order chi connectivity index (χ0) is 17.8. The monoisotopic (exact) mass is 349 g/mol. The van der Waals surface area contributed by atoms with Crippen LogP contribution in [0.25, 0.3) is 5.43 Å². The molecule has 2 nitrogen and oxygen atoms in total. The predicted octanol–water partition coefficient (Wildman–Crippen LogP) is 3.93. The fraction of sp³-hybridized carbons (Fsp3) is 0.182. The lowest BCUT2D eigenvalue weighted by molar-refractivity contribution is -0.832. The van der Waals surface area contributed by atoms with Crippen molar-refractivity contribution in [2.45, 2.75) is 0 Å². The second-order valence-corrected chi connectivity index (χ2v) is 10.5. The smallest absolute Gasteiger partial charge is 0.103 e. The summed E-state index contributed by atoms with van der Waals surface area (Å²) in [5.41, 5.74) is 5.05. The van der Waals surface area contributed by atoms with Crippen LogP contribution in [0.4, 0.5) is 0 Å². The zero-order valence-corrected chi connectivity index (χ0v) is 16.1. The molecule has 0 fully saturated rings. The van der Waals surface area contributed by atoms with E-state index >= 15 is 0 Å². The van der Waals surface area contributed by atoms with Crippen LogP contribution in [0, 0.1) is 0 Å². The van der Waals surface area contributed by atoms with Crippen molar-refractivity contribution in [1.82, 2.24) is 0 Å². The number of rotatable bonds is 6. The molecule has 0 amide bonds. The van der Waals surface area contributed by atoms with Crippen molar-refractivity contribution in [2.24, 2.45) is 0 Å². The normalized spacial score (nSPS) is 12.1. The van der Waals surface area contributed by atoms with Gasteiger partial charge in [-0.1, -0.05) is 54.6 Å². The summed E-state index contributed by atoms with van der Waals surface area (Å²) in [5, 5.41) is 4.14. The van der Waals surface area contributed by atoms with Gasteiger partial charge in [0, 0.05) is 6.29 Å². The second kappa shape index (κ2) is 7.49. The quantitative estimate of drug-likeness (QED) is 0.364. The average molecular weight is 349 g/mol. The maximum Gasteiger partial charge on any atom is 0.103 e. The maximum atomic E-state index is 5.05. The minimum atomic E-state index is -1.83. The molecule has 0 radical (unpaired) electrons. The van der Waals surface area contributed by atoms with Crippen LogP contribution in [0.3, 0.4) is 0 Å². The first-order valence-electron chi connectivity index (χ1n) is 8.58. The summed E-state index contributed by atoms with van der Waals surface area (Å²) in [6, 6.07) is 32.7. The Labute approximate surface area is 152 Å². The Morgan fingerprint density at radius 2 is 0.920 bits per heavy atom. The van der Waals surface area contributed by atoms with Gasteiger partial charge in [0.25, 0.3) is 0 Å². The first kappa shape index (κ1) is 17.8. The van der Waals surface area contributed by atoms with Crippen LogP contribution in [-0.2, 0) is 0 Å². The fourth-order valence-corrected chi connectivity index (χ4v) is 7.02. The summed E-state index contributed by atoms with van der Waals surface area (Å²) < 4.78 is 0.605. The Bertz CT molecular complexity index is 684. The summed E-state index contributed by atoms with van der Waals surface area (Å²) in [6.45, 7) is 0. The topological polar surface area (TPSA) is 14.1 Å². The highest BCUT2D eigenvalue weighted by Gasteiger charge is 2.42. The van der Waals surface area contributed by atoms with Gasteiger partial charge in [0.2, 0.25) is 0 Å². The first-order chi connectivity index (χ1) is 12.0. The lowest BCUT2D eigenvalue weighted by Crippen LogP contribution is -2.37. The molecule has 0 aliphatic heterocycles. The SMILES string of the molecule is C[N+](C)(C)[N-]C[P+](c1ccccc1)(c1ccccc1)c1ccccc1. The highest BCUT2D eigenvalue weighted by Crippen LogP contribution is 2.56. The van der Waals surface area contributed by atoms with Crippen LogP contribution in [0.5, 0.6) is 0 Å². The van der Waals surface area contributed by atoms with Gasteiger partial charge in [-0.2, -0.15) is 0 Å². The molecule has 0 saturated carbocycles. The number of benzene rings is 3. The first-order valence-corrected chi connectivity index (χ1v) is 10.6. The van der Waals surface area contributed by atoms with E-state index in [1.807, 2.05) is 0 Å². The van der Waals surface area contributed by atoms with Crippen LogP contribution < -0.4 is 15.9 Å². The third kappa shape index (κ3) is 3.99. The van der Waals surface area contributed by atoms with Gasteiger partial charge in [-0.05, 0) is 36.4 Å². The number of hydrogen-bond acceptors (Lipinski definition) is 0. The summed E-state index contributed by atoms with van der Waals surface area (Å²) >= 11 is 0. The number of hydrogen-bond donors (Lipinski definition) is 0. The molecule has 0 aliphatic carbocycles. The minimum Gasteiger partial charge on any atom is -0.417 e. The number of nitrogens with zero attached hydrogens (tertiary/aromatic N) is 2. The third-order valence-electron chi connectivity index (χ3n) is 4.29. The molecule has 3 aromatic rings. The molecule has 0 aliphatic rings. The van der Waals surface area contributed by atoms with Crippen molar-refractivity contribution in [2.75, 3.05) is 27.4 Å². The van der Waals surface area contributed by atoms with Gasteiger partial charge in [-0.3, -0.25) is 0 Å². The molecule has 0 atom stereocenters. The van der Waals surface area contributed by atoms with Gasteiger partial charge in [0.1, 0.15) is 15.9 Å². The summed E-state index contributed by atoms with van der Waals surface area (Å²) in [4.78, 5) is 0. The van der Waals surface area contributed by atoms with E-state index in [4.69, 9.17) is 5.43 Å². The molecule has 3 aromatic carbocycles. The predicted molar refractivity (Wildman–Crippen MR) is 111 cm³/mol. The highest BCUT2D eigenvalue weighted by atomic mass is 31.2. The molecule has 0 bridgehead atoms. The van der Waals surface area contributed by atoms with E-state index in [0.29, 0.717) is 4.59 Å². The average Bonchev–Trinajstić information content (AvgIpc) is 2.64. The van der Waals surface area contributed by atoms with Crippen molar-refractivity contribution < 1.29 is 4.59 Å². The molecule has 3 heteroatoms. The lowest BCUT2D eigenvalue weighted by Gasteiger charge is -2.41. The summed E-state index contributed by atoms with van der Waals surface area (Å²) in [5.74, 6) is 0. The maximum absolute atomic E-state index is 5.05. The van der Waals surface area contributed by atoms with E-state index in [0.717, 1.165) is 6.29 Å². The van der Waals surface area contributed by atoms with Gasteiger partial charge in [0.15, 0.2) is 0 Å². The molecule has 0 heterocycles. The molecular formula is C22H26N2P+. The third-order valence-corrected chi connectivity index (χ3v) is 8.38. The van der Waals surface area contributed by atoms with Crippen molar-refractivity contribution in [3.8, 4) is 0 Å². The molecule has 0 aromatic heterocycles. The van der Waals surface area contributed by atoms with Gasteiger partial charge in [0.05, 0.1) is 28.4 Å².